The number of carboxylic acid groups (broad SMARTS) is 1. The van der Waals surface area contributed by atoms with Crippen molar-refractivity contribution < 1.29 is 19.1 Å². The molecule has 1 heterocycles. The Morgan fingerprint density at radius 2 is 2.25 bits per heavy atom. The highest BCUT2D eigenvalue weighted by Crippen LogP contribution is 2.19. The molecule has 0 saturated carbocycles. The monoisotopic (exact) mass is 280 g/mol. The van der Waals surface area contributed by atoms with E-state index >= 15 is 0 Å². The summed E-state index contributed by atoms with van der Waals surface area (Å²) in [6.07, 6.45) is 2.36. The Labute approximate surface area is 116 Å². The van der Waals surface area contributed by atoms with Crippen molar-refractivity contribution >= 4 is 17.6 Å². The summed E-state index contributed by atoms with van der Waals surface area (Å²) in [6.45, 7) is 1.77. The number of anilines is 1. The number of carboxylic acids is 1. The molecule has 1 aliphatic heterocycles. The zero-order valence-electron chi connectivity index (χ0n) is 11.0. The smallest absolute Gasteiger partial charge is 0.337 e. The van der Waals surface area contributed by atoms with Gasteiger partial charge in [-0.25, -0.2) is 9.18 Å². The predicted octanol–water partition coefficient (Wildman–Crippen LogP) is 1.85. The molecule has 0 aliphatic carbocycles. The van der Waals surface area contributed by atoms with E-state index in [1.165, 1.54) is 6.07 Å². The molecule has 0 spiro atoms. The van der Waals surface area contributed by atoms with Crippen molar-refractivity contribution in [3.05, 3.63) is 29.6 Å². The van der Waals surface area contributed by atoms with Crippen molar-refractivity contribution in [2.24, 2.45) is 5.92 Å². The Bertz CT molecular complexity index is 513. The fourth-order valence-corrected chi connectivity index (χ4v) is 2.36. The number of aromatic carboxylic acids is 1. The van der Waals surface area contributed by atoms with Gasteiger partial charge >= 0.3 is 5.97 Å². The summed E-state index contributed by atoms with van der Waals surface area (Å²) in [5, 5.41) is 14.8. The van der Waals surface area contributed by atoms with Gasteiger partial charge in [0.1, 0.15) is 5.82 Å². The Morgan fingerprint density at radius 3 is 2.90 bits per heavy atom. The Kier molecular flexibility index (Phi) is 4.68. The van der Waals surface area contributed by atoms with Crippen molar-refractivity contribution in [1.29, 1.82) is 0 Å². The first-order valence-corrected chi connectivity index (χ1v) is 6.59. The van der Waals surface area contributed by atoms with Crippen LogP contribution in [0, 0.1) is 11.7 Å². The molecule has 1 saturated heterocycles. The van der Waals surface area contributed by atoms with Crippen LogP contribution < -0.4 is 10.6 Å². The van der Waals surface area contributed by atoms with Gasteiger partial charge in [-0.15, -0.1) is 0 Å². The second-order valence-corrected chi connectivity index (χ2v) is 4.96. The molecule has 0 bridgehead atoms. The molecule has 1 aromatic carbocycles. The SMILES string of the molecule is O=C(CC1CCCNC1)Nc1ccc(F)cc1C(=O)O. The average Bonchev–Trinajstić information content (AvgIpc) is 2.41. The molecule has 0 radical (unpaired) electrons. The summed E-state index contributed by atoms with van der Waals surface area (Å²) in [4.78, 5) is 22.9. The molecule has 1 unspecified atom stereocenters. The fourth-order valence-electron chi connectivity index (χ4n) is 2.36. The van der Waals surface area contributed by atoms with Gasteiger partial charge in [-0.2, -0.15) is 0 Å². The van der Waals surface area contributed by atoms with E-state index in [4.69, 9.17) is 5.11 Å². The topological polar surface area (TPSA) is 78.4 Å². The minimum atomic E-state index is -1.26. The van der Waals surface area contributed by atoms with Crippen molar-refractivity contribution in [3.8, 4) is 0 Å². The van der Waals surface area contributed by atoms with Crippen LogP contribution in [0.2, 0.25) is 0 Å². The van der Waals surface area contributed by atoms with E-state index in [9.17, 15) is 14.0 Å². The molecule has 20 heavy (non-hydrogen) atoms. The van der Waals surface area contributed by atoms with Crippen molar-refractivity contribution in [2.45, 2.75) is 19.3 Å². The highest BCUT2D eigenvalue weighted by atomic mass is 19.1. The molecular weight excluding hydrogens is 263 g/mol. The lowest BCUT2D eigenvalue weighted by molar-refractivity contribution is -0.117. The number of hydrogen-bond acceptors (Lipinski definition) is 3. The zero-order chi connectivity index (χ0) is 14.5. The van der Waals surface area contributed by atoms with Crippen LogP contribution in [0.5, 0.6) is 0 Å². The lowest BCUT2D eigenvalue weighted by atomic mass is 9.96. The van der Waals surface area contributed by atoms with Crippen LogP contribution >= 0.6 is 0 Å². The van der Waals surface area contributed by atoms with Crippen molar-refractivity contribution in [3.63, 3.8) is 0 Å². The van der Waals surface area contributed by atoms with Crippen LogP contribution in [0.25, 0.3) is 0 Å². The maximum absolute atomic E-state index is 13.0. The van der Waals surface area contributed by atoms with E-state index in [0.29, 0.717) is 6.42 Å². The van der Waals surface area contributed by atoms with Gasteiger partial charge in [-0.1, -0.05) is 0 Å². The number of hydrogen-bond donors (Lipinski definition) is 3. The number of nitrogens with one attached hydrogen (secondary N) is 2. The first-order chi connectivity index (χ1) is 9.56. The van der Waals surface area contributed by atoms with Gasteiger partial charge in [0.15, 0.2) is 0 Å². The molecule has 1 aliphatic rings. The highest BCUT2D eigenvalue weighted by molar-refractivity contribution is 6.00. The van der Waals surface area contributed by atoms with E-state index in [1.807, 2.05) is 0 Å². The van der Waals surface area contributed by atoms with Gasteiger partial charge in [-0.05, 0) is 50.0 Å². The number of benzene rings is 1. The molecule has 2 rings (SSSR count). The first-order valence-electron chi connectivity index (χ1n) is 6.59. The summed E-state index contributed by atoms with van der Waals surface area (Å²) in [5.41, 5.74) is -0.104. The third-order valence-corrected chi connectivity index (χ3v) is 3.36. The van der Waals surface area contributed by atoms with Crippen LogP contribution in [-0.2, 0) is 4.79 Å². The minimum Gasteiger partial charge on any atom is -0.478 e. The number of halogens is 1. The molecular formula is C14H17FN2O3. The third kappa shape index (κ3) is 3.77. The highest BCUT2D eigenvalue weighted by Gasteiger charge is 2.18. The van der Waals surface area contributed by atoms with E-state index in [2.05, 4.69) is 10.6 Å². The molecule has 1 amide bonds. The molecule has 108 valence electrons. The lowest BCUT2D eigenvalue weighted by Gasteiger charge is -2.22. The standard InChI is InChI=1S/C14H17FN2O3/c15-10-3-4-12(11(7-10)14(19)20)17-13(18)6-9-2-1-5-16-8-9/h3-4,7,9,16H,1-2,5-6,8H2,(H,17,18)(H,19,20). The van der Waals surface area contributed by atoms with Gasteiger partial charge in [-0.3, -0.25) is 4.79 Å². The van der Waals surface area contributed by atoms with Gasteiger partial charge in [0.2, 0.25) is 5.91 Å². The molecule has 1 aromatic rings. The summed E-state index contributed by atoms with van der Waals surface area (Å²) in [5.74, 6) is -1.89. The summed E-state index contributed by atoms with van der Waals surface area (Å²) >= 11 is 0. The van der Waals surface area contributed by atoms with Crippen LogP contribution in [0.4, 0.5) is 10.1 Å². The molecule has 0 aromatic heterocycles. The molecule has 5 nitrogen and oxygen atoms in total. The molecule has 1 atom stereocenters. The fraction of sp³-hybridized carbons (Fsp3) is 0.429. The lowest BCUT2D eigenvalue weighted by Crippen LogP contribution is -2.32. The summed E-state index contributed by atoms with van der Waals surface area (Å²) in [6, 6.07) is 3.31. The first kappa shape index (κ1) is 14.5. The zero-order valence-corrected chi connectivity index (χ0v) is 11.0. The second-order valence-electron chi connectivity index (χ2n) is 4.96. The molecule has 3 N–H and O–H groups in total. The van der Waals surface area contributed by atoms with Crippen molar-refractivity contribution in [2.75, 3.05) is 18.4 Å². The van der Waals surface area contributed by atoms with E-state index < -0.39 is 11.8 Å². The number of piperidine rings is 1. The van der Waals surface area contributed by atoms with Gasteiger partial charge in [0.05, 0.1) is 11.3 Å². The second kappa shape index (κ2) is 6.47. The quantitative estimate of drug-likeness (QED) is 0.786. The van der Waals surface area contributed by atoms with E-state index in [1.54, 1.807) is 0 Å². The summed E-state index contributed by atoms with van der Waals surface area (Å²) in [7, 11) is 0. The third-order valence-electron chi connectivity index (χ3n) is 3.36. The van der Waals surface area contributed by atoms with Gasteiger partial charge in [0, 0.05) is 6.42 Å². The number of rotatable bonds is 4. The average molecular weight is 280 g/mol. The van der Waals surface area contributed by atoms with E-state index in [-0.39, 0.29) is 23.1 Å². The molecule has 6 heteroatoms. The van der Waals surface area contributed by atoms with Crippen molar-refractivity contribution in [1.82, 2.24) is 5.32 Å². The largest absolute Gasteiger partial charge is 0.478 e. The summed E-state index contributed by atoms with van der Waals surface area (Å²) < 4.78 is 13.0. The Hall–Kier alpha value is -1.95. The maximum atomic E-state index is 13.0. The number of carbonyl (C=O) groups is 2. The van der Waals surface area contributed by atoms with Gasteiger partial charge < -0.3 is 15.7 Å². The van der Waals surface area contributed by atoms with E-state index in [0.717, 1.165) is 38.1 Å². The molecule has 1 fully saturated rings. The normalized spacial score (nSPS) is 18.6. The van der Waals surface area contributed by atoms with Crippen LogP contribution in [0.15, 0.2) is 18.2 Å². The Balaban J connectivity index is 2.01. The predicted molar refractivity (Wildman–Crippen MR) is 72.2 cm³/mol. The minimum absolute atomic E-state index is 0.132. The van der Waals surface area contributed by atoms with Gasteiger partial charge in [0.25, 0.3) is 0 Å². The van der Waals surface area contributed by atoms with Crippen LogP contribution in [0.3, 0.4) is 0 Å². The van der Waals surface area contributed by atoms with Crippen LogP contribution in [0.1, 0.15) is 29.6 Å². The van der Waals surface area contributed by atoms with Crippen LogP contribution in [-0.4, -0.2) is 30.1 Å². The maximum Gasteiger partial charge on any atom is 0.337 e. The Morgan fingerprint density at radius 1 is 1.45 bits per heavy atom. The number of amides is 1. The number of carbonyl (C=O) groups excluding carboxylic acids is 1.